The summed E-state index contributed by atoms with van der Waals surface area (Å²) < 4.78 is 28.6. The minimum atomic E-state index is -3.15. The van der Waals surface area contributed by atoms with Crippen LogP contribution in [0.25, 0.3) is 0 Å². The van der Waals surface area contributed by atoms with Crippen molar-refractivity contribution in [2.45, 2.75) is 19.1 Å². The van der Waals surface area contributed by atoms with Crippen LogP contribution in [0.4, 0.5) is 0 Å². The quantitative estimate of drug-likeness (QED) is 0.619. The van der Waals surface area contributed by atoms with Gasteiger partial charge in [-0.15, -0.1) is 0 Å². The number of nitrogens with two attached hydrogens (primary N) is 1. The molecule has 106 valence electrons. The van der Waals surface area contributed by atoms with Gasteiger partial charge in [-0.1, -0.05) is 11.6 Å². The molecule has 0 heterocycles. The smallest absolute Gasteiger partial charge is 0.155 e. The number of nitrogen functional groups attached to an aromatic ring is 1. The number of hydrogen-bond acceptors (Lipinski definition) is 4. The summed E-state index contributed by atoms with van der Waals surface area (Å²) in [6, 6.07) is 4.67. The number of halogens is 1. The average molecular weight is 305 g/mol. The van der Waals surface area contributed by atoms with Crippen molar-refractivity contribution >= 4 is 27.3 Å². The summed E-state index contributed by atoms with van der Waals surface area (Å²) in [5.74, 6) is 0.0754. The van der Waals surface area contributed by atoms with Crippen molar-refractivity contribution in [1.82, 2.24) is 0 Å². The lowest BCUT2D eigenvalue weighted by Gasteiger charge is -2.12. The van der Waals surface area contributed by atoms with Gasteiger partial charge in [-0.25, -0.2) is 8.42 Å². The zero-order chi connectivity index (χ0) is 14.6. The number of rotatable bonds is 6. The van der Waals surface area contributed by atoms with Crippen LogP contribution in [0.15, 0.2) is 18.2 Å². The lowest BCUT2D eigenvalue weighted by molar-refractivity contribution is 0.340. The van der Waals surface area contributed by atoms with Crippen molar-refractivity contribution in [3.8, 4) is 5.75 Å². The van der Waals surface area contributed by atoms with Gasteiger partial charge in [-0.05, 0) is 32.0 Å². The van der Waals surface area contributed by atoms with E-state index in [1.165, 1.54) is 6.07 Å². The molecule has 0 bridgehead atoms. The van der Waals surface area contributed by atoms with Gasteiger partial charge in [0.1, 0.15) is 18.2 Å². The van der Waals surface area contributed by atoms with Gasteiger partial charge in [0.2, 0.25) is 0 Å². The van der Waals surface area contributed by atoms with Crippen molar-refractivity contribution in [2.24, 2.45) is 5.73 Å². The van der Waals surface area contributed by atoms with Gasteiger partial charge < -0.3 is 10.5 Å². The van der Waals surface area contributed by atoms with Crippen LogP contribution >= 0.6 is 11.6 Å². The minimum absolute atomic E-state index is 0.00113. The SMILES string of the molecule is CC(C)S(=O)(=O)CCOc1cc(Cl)ccc1C(=N)N. The molecule has 0 saturated carbocycles. The molecule has 5 nitrogen and oxygen atoms in total. The molecule has 0 aliphatic heterocycles. The third-order valence-electron chi connectivity index (χ3n) is 2.58. The molecule has 0 saturated heterocycles. The molecule has 7 heteroatoms. The third-order valence-corrected chi connectivity index (χ3v) is 4.98. The highest BCUT2D eigenvalue weighted by molar-refractivity contribution is 7.91. The Morgan fingerprint density at radius 1 is 1.47 bits per heavy atom. The molecule has 0 aliphatic carbocycles. The van der Waals surface area contributed by atoms with Crippen LogP contribution in [0.5, 0.6) is 5.75 Å². The molecule has 1 rings (SSSR count). The predicted molar refractivity (Wildman–Crippen MR) is 76.9 cm³/mol. The number of amidine groups is 1. The first-order valence-electron chi connectivity index (χ1n) is 5.72. The van der Waals surface area contributed by atoms with Gasteiger partial charge in [0.15, 0.2) is 9.84 Å². The second-order valence-corrected chi connectivity index (χ2v) is 7.43. The first-order valence-corrected chi connectivity index (χ1v) is 7.81. The van der Waals surface area contributed by atoms with E-state index in [4.69, 9.17) is 27.5 Å². The van der Waals surface area contributed by atoms with E-state index < -0.39 is 15.1 Å². The zero-order valence-corrected chi connectivity index (χ0v) is 12.4. The standard InChI is InChI=1S/C12H17ClN2O3S/c1-8(2)19(16,17)6-5-18-11-7-9(13)3-4-10(11)12(14)15/h3-4,7-8H,5-6H2,1-2H3,(H3,14,15). The minimum Gasteiger partial charge on any atom is -0.492 e. The monoisotopic (exact) mass is 304 g/mol. The van der Waals surface area contributed by atoms with Gasteiger partial charge in [-0.2, -0.15) is 0 Å². The fourth-order valence-corrected chi connectivity index (χ4v) is 2.29. The molecule has 0 aromatic heterocycles. The van der Waals surface area contributed by atoms with Crippen molar-refractivity contribution in [2.75, 3.05) is 12.4 Å². The van der Waals surface area contributed by atoms with Gasteiger partial charge >= 0.3 is 0 Å². The maximum Gasteiger partial charge on any atom is 0.155 e. The van der Waals surface area contributed by atoms with Crippen LogP contribution in [-0.4, -0.2) is 31.9 Å². The first kappa shape index (κ1) is 15.8. The molecule has 19 heavy (non-hydrogen) atoms. The van der Waals surface area contributed by atoms with Crippen molar-refractivity contribution in [3.05, 3.63) is 28.8 Å². The van der Waals surface area contributed by atoms with Crippen molar-refractivity contribution in [1.29, 1.82) is 5.41 Å². The van der Waals surface area contributed by atoms with E-state index in [1.54, 1.807) is 26.0 Å². The molecule has 0 amide bonds. The molecule has 1 aromatic carbocycles. The number of sulfone groups is 1. The van der Waals surface area contributed by atoms with E-state index in [1.807, 2.05) is 0 Å². The second kappa shape index (κ2) is 6.25. The van der Waals surface area contributed by atoms with Crippen LogP contribution in [-0.2, 0) is 9.84 Å². The summed E-state index contributed by atoms with van der Waals surface area (Å²) in [6.07, 6.45) is 0. The fraction of sp³-hybridized carbons (Fsp3) is 0.417. The highest BCUT2D eigenvalue weighted by Gasteiger charge is 2.16. The number of hydrogen-bond donors (Lipinski definition) is 2. The van der Waals surface area contributed by atoms with Crippen LogP contribution in [0, 0.1) is 5.41 Å². The molecule has 0 unspecified atom stereocenters. The highest BCUT2D eigenvalue weighted by atomic mass is 35.5. The van der Waals surface area contributed by atoms with Gasteiger partial charge in [-0.3, -0.25) is 5.41 Å². The summed E-state index contributed by atoms with van der Waals surface area (Å²) in [6.45, 7) is 3.24. The highest BCUT2D eigenvalue weighted by Crippen LogP contribution is 2.23. The molecule has 0 fully saturated rings. The molecule has 3 N–H and O–H groups in total. The topological polar surface area (TPSA) is 93.2 Å². The Bertz CT molecular complexity index is 570. The number of nitrogens with one attached hydrogen (secondary N) is 1. The van der Waals surface area contributed by atoms with Gasteiger partial charge in [0, 0.05) is 5.02 Å². The fourth-order valence-electron chi connectivity index (χ4n) is 1.34. The predicted octanol–water partition coefficient (Wildman–Crippen LogP) is 1.83. The molecule has 0 aliphatic rings. The van der Waals surface area contributed by atoms with Crippen molar-refractivity contribution in [3.63, 3.8) is 0 Å². The Morgan fingerprint density at radius 3 is 2.63 bits per heavy atom. The number of ether oxygens (including phenoxy) is 1. The molecule has 0 atom stereocenters. The zero-order valence-electron chi connectivity index (χ0n) is 10.8. The normalized spacial score (nSPS) is 11.6. The second-order valence-electron chi connectivity index (χ2n) is 4.32. The Hall–Kier alpha value is -1.27. The summed E-state index contributed by atoms with van der Waals surface area (Å²) in [7, 11) is -3.15. The van der Waals surface area contributed by atoms with E-state index in [-0.39, 0.29) is 18.2 Å². The summed E-state index contributed by atoms with van der Waals surface area (Å²) >= 11 is 5.83. The molecule has 0 radical (unpaired) electrons. The molecule has 0 spiro atoms. The lowest BCUT2D eigenvalue weighted by Crippen LogP contribution is -2.22. The summed E-state index contributed by atoms with van der Waals surface area (Å²) in [4.78, 5) is 0. The van der Waals surface area contributed by atoms with Gasteiger partial charge in [0.25, 0.3) is 0 Å². The Labute approximate surface area is 118 Å². The Morgan fingerprint density at radius 2 is 2.11 bits per heavy atom. The van der Waals surface area contributed by atoms with Crippen LogP contribution in [0.1, 0.15) is 19.4 Å². The maximum absolute atomic E-state index is 11.6. The average Bonchev–Trinajstić information content (AvgIpc) is 2.28. The van der Waals surface area contributed by atoms with Crippen LogP contribution in [0.3, 0.4) is 0 Å². The van der Waals surface area contributed by atoms with Crippen LogP contribution < -0.4 is 10.5 Å². The lowest BCUT2D eigenvalue weighted by atomic mass is 10.2. The summed E-state index contributed by atoms with van der Waals surface area (Å²) in [5.41, 5.74) is 5.81. The van der Waals surface area contributed by atoms with Crippen molar-refractivity contribution < 1.29 is 13.2 Å². The molecular formula is C12H17ClN2O3S. The molecule has 1 aromatic rings. The van der Waals surface area contributed by atoms with E-state index >= 15 is 0 Å². The van der Waals surface area contributed by atoms with Crippen LogP contribution in [0.2, 0.25) is 5.02 Å². The maximum atomic E-state index is 11.6. The van der Waals surface area contributed by atoms with E-state index in [9.17, 15) is 8.42 Å². The third kappa shape index (κ3) is 4.40. The number of benzene rings is 1. The van der Waals surface area contributed by atoms with E-state index in [2.05, 4.69) is 0 Å². The largest absolute Gasteiger partial charge is 0.492 e. The van der Waals surface area contributed by atoms with Gasteiger partial charge in [0.05, 0.1) is 16.6 Å². The summed E-state index contributed by atoms with van der Waals surface area (Å²) in [5, 5.41) is 7.40. The first-order chi connectivity index (χ1) is 8.74. The Kier molecular flexibility index (Phi) is 5.20. The van der Waals surface area contributed by atoms with E-state index in [0.29, 0.717) is 16.3 Å². The van der Waals surface area contributed by atoms with E-state index in [0.717, 1.165) is 0 Å². The molecular weight excluding hydrogens is 288 g/mol. The Balaban J connectivity index is 2.78.